The van der Waals surface area contributed by atoms with Gasteiger partial charge in [-0.15, -0.1) is 0 Å². The van der Waals surface area contributed by atoms with Gasteiger partial charge in [0.15, 0.2) is 40.9 Å². The summed E-state index contributed by atoms with van der Waals surface area (Å²) in [5.41, 5.74) is 1.47. The molecule has 25 nitrogen and oxygen atoms in total. The van der Waals surface area contributed by atoms with Gasteiger partial charge in [-0.25, -0.2) is 52.4 Å². The van der Waals surface area contributed by atoms with Crippen molar-refractivity contribution in [2.45, 2.75) is 72.0 Å². The van der Waals surface area contributed by atoms with E-state index in [0.29, 0.717) is 28.7 Å². The first-order valence-corrected chi connectivity index (χ1v) is 30.6. The van der Waals surface area contributed by atoms with Crippen molar-refractivity contribution < 1.29 is 98.1 Å². The number of H-pyrrole nitrogens is 1. The number of aromatic amines is 1. The molecule has 12 rings (SSSR count). The number of nitrogens with zero attached hydrogens (tertiary/aromatic N) is 16. The van der Waals surface area contributed by atoms with E-state index in [1.807, 2.05) is 0 Å². The summed E-state index contributed by atoms with van der Waals surface area (Å²) in [6.45, 7) is 7.13. The lowest BCUT2D eigenvalue weighted by Crippen LogP contribution is -2.16. The number of anilines is 3. The number of alkyl halides is 15. The molecule has 0 aliphatic carbocycles. The van der Waals surface area contributed by atoms with E-state index in [-0.39, 0.29) is 64.2 Å². The molecule has 10 aromatic heterocycles. The van der Waals surface area contributed by atoms with E-state index in [0.717, 1.165) is 77.9 Å². The molecule has 574 valence electrons. The first-order valence-electron chi connectivity index (χ1n) is 29.8. The summed E-state index contributed by atoms with van der Waals surface area (Å²) >= 11 is 3.11. The van der Waals surface area contributed by atoms with E-state index in [1.165, 1.54) is 126 Å². The number of carbonyl (C=O) groups excluding carboxylic acids is 1. The second-order valence-electron chi connectivity index (χ2n) is 21.7. The number of benzene rings is 2. The molecular weight excluding hydrogens is 1570 g/mol. The minimum Gasteiger partial charge on any atom is -0.384 e. The Balaban J connectivity index is 0.000000188. The number of aromatic nitrogens is 15. The second kappa shape index (κ2) is 34.7. The van der Waals surface area contributed by atoms with Crippen LogP contribution in [0.4, 0.5) is 113 Å². The molecule has 10 heterocycles. The van der Waals surface area contributed by atoms with E-state index >= 15 is 0 Å². The average Bonchev–Trinajstić information content (AvgIpc) is 1.67. The number of rotatable bonds is 11. The normalized spacial score (nSPS) is 11.4. The summed E-state index contributed by atoms with van der Waals surface area (Å²) in [4.78, 5) is 63.9. The summed E-state index contributed by atoms with van der Waals surface area (Å²) < 4.78 is 246. The van der Waals surface area contributed by atoms with Crippen molar-refractivity contribution in [3.63, 3.8) is 0 Å². The van der Waals surface area contributed by atoms with Gasteiger partial charge in [0.1, 0.15) is 69.6 Å². The highest BCUT2D eigenvalue weighted by molar-refractivity contribution is 9.10. The first-order chi connectivity index (χ1) is 50.8. The Morgan fingerprint density at radius 1 is 0.468 bits per heavy atom. The van der Waals surface area contributed by atoms with Crippen LogP contribution in [0, 0.1) is 78.1 Å². The van der Waals surface area contributed by atoms with E-state index in [1.54, 1.807) is 12.1 Å². The Morgan fingerprint density at radius 3 is 1.11 bits per heavy atom. The molecule has 109 heavy (non-hydrogen) atoms. The van der Waals surface area contributed by atoms with Crippen LogP contribution in [-0.2, 0) is 37.4 Å². The van der Waals surface area contributed by atoms with Crippen LogP contribution >= 0.6 is 15.9 Å². The van der Waals surface area contributed by atoms with Crippen LogP contribution in [0.2, 0.25) is 0 Å². The van der Waals surface area contributed by atoms with Crippen LogP contribution in [0.1, 0.15) is 73.4 Å². The molecule has 0 spiro atoms. The molecule has 0 aliphatic rings. The van der Waals surface area contributed by atoms with Crippen LogP contribution in [0.5, 0.6) is 0 Å². The van der Waals surface area contributed by atoms with Gasteiger partial charge in [0, 0.05) is 54.7 Å². The molecule has 5 N–H and O–H groups in total. The predicted molar refractivity (Wildman–Crippen MR) is 350 cm³/mol. The molecule has 0 saturated carbocycles. The fourth-order valence-corrected chi connectivity index (χ4v) is 8.93. The maximum absolute atomic E-state index is 13.6. The number of pyridine rings is 5. The molecule has 1 amide bonds. The molecule has 12 aromatic rings. The smallest absolute Gasteiger partial charge is 0.384 e. The van der Waals surface area contributed by atoms with Gasteiger partial charge in [-0.1, -0.05) is 12.1 Å². The van der Waals surface area contributed by atoms with Gasteiger partial charge >= 0.3 is 42.5 Å². The predicted octanol–water partition coefficient (Wildman–Crippen LogP) is 16.8. The number of hydrogen-bond donors (Lipinski definition) is 4. The standard InChI is InChI=1S/C17H11F5N4O.C17H13F5N4.C10H7F3N4O2.C10H9F3N4.C5H3BrN2O2.C5H5F3N2/c1-9-24-13(17(20,21)22)8-26(9)10-5-6-14(23-7-10)25-16(27)15-11(18)3-2-4-12(15)19;1-10-25-15(17(20,21)22)9-26(10)11-5-6-16(23-7-11)24-8-12-13(18)3-2-4-14(12)19;1-6-15-8(10(11,12)13)5-16(6)7-2-3-9(14-4-7)17(18)19;1-6-16-8(10(11,12)13)5-17(6)7-2-3-9(14)15-4-7;6-4-1-2-5(7-3-4)8(9)10;1-3-2-4(10-9-3)5(6,7)8/h2-8H,1H3,(H,23,25,27);2-7,9H,8H2,1H3,(H,23,24);2-5H,1H3;2-5H,1H3,(H2,14,15);1-3H;2H,1H3,(H,9,10). The lowest BCUT2D eigenvalue weighted by Gasteiger charge is -2.09. The number of carbonyl (C=O) groups is 1. The summed E-state index contributed by atoms with van der Waals surface area (Å²) in [7, 11) is 0. The lowest BCUT2D eigenvalue weighted by atomic mass is 10.2. The number of nitrogens with one attached hydrogen (secondary N) is 3. The Kier molecular flexibility index (Phi) is 26.6. The molecule has 0 radical (unpaired) electrons. The van der Waals surface area contributed by atoms with Gasteiger partial charge in [-0.2, -0.15) is 71.0 Å². The number of nitrogen functional groups attached to an aromatic ring is 1. The second-order valence-corrected chi connectivity index (χ2v) is 22.6. The largest absolute Gasteiger partial charge is 0.435 e. The minimum absolute atomic E-state index is 0.0276. The van der Waals surface area contributed by atoms with Crippen LogP contribution in [-0.4, -0.2) is 89.1 Å². The van der Waals surface area contributed by atoms with Gasteiger partial charge in [0.2, 0.25) is 0 Å². The topological polar surface area (TPSA) is 318 Å². The van der Waals surface area contributed by atoms with E-state index in [2.05, 4.69) is 81.6 Å². The zero-order valence-electron chi connectivity index (χ0n) is 55.6. The van der Waals surface area contributed by atoms with Crippen LogP contribution in [0.15, 0.2) is 163 Å². The maximum atomic E-state index is 13.6. The average molecular weight is 1620 g/mol. The quantitative estimate of drug-likeness (QED) is 0.0531. The lowest BCUT2D eigenvalue weighted by molar-refractivity contribution is -0.389. The molecule has 45 heteroatoms. The van der Waals surface area contributed by atoms with Gasteiger partial charge in [0.25, 0.3) is 5.91 Å². The highest BCUT2D eigenvalue weighted by Gasteiger charge is 2.38. The van der Waals surface area contributed by atoms with E-state index < -0.39 is 104 Å². The van der Waals surface area contributed by atoms with Crippen LogP contribution in [0.3, 0.4) is 0 Å². The summed E-state index contributed by atoms with van der Waals surface area (Å²) in [5.74, 6) is -3.76. The SMILES string of the molecule is Cc1cc(C(F)(F)F)n[nH]1.Cc1nc(C(F)(F)F)cn1-c1ccc(N)nc1.Cc1nc(C(F)(F)F)cn1-c1ccc(NC(=O)c2c(F)cccc2F)nc1.Cc1nc(C(F)(F)F)cn1-c1ccc(NCc2c(F)cccc2F)nc1.Cc1nc(C(F)(F)F)cn1-c1ccc([N+](=O)[O-])nc1.O=[N+]([O-])c1ccc(Br)cn1. The van der Waals surface area contributed by atoms with Gasteiger partial charge in [-0.3, -0.25) is 14.5 Å². The Morgan fingerprint density at radius 2 is 0.817 bits per heavy atom. The van der Waals surface area contributed by atoms with Crippen molar-refractivity contribution in [1.29, 1.82) is 0 Å². The first kappa shape index (κ1) is 83.5. The zero-order valence-corrected chi connectivity index (χ0v) is 57.1. The Bertz CT molecular complexity index is 5060. The van der Waals surface area contributed by atoms with Gasteiger partial charge in [-0.05, 0) is 149 Å². The van der Waals surface area contributed by atoms with Gasteiger partial charge in [0.05, 0.1) is 45.8 Å². The molecule has 0 atom stereocenters. The minimum atomic E-state index is -4.58. The highest BCUT2D eigenvalue weighted by Crippen LogP contribution is 2.34. The van der Waals surface area contributed by atoms with Crippen molar-refractivity contribution in [3.8, 4) is 22.7 Å². The van der Waals surface area contributed by atoms with Crippen LogP contribution < -0.4 is 16.4 Å². The fourth-order valence-electron chi connectivity index (χ4n) is 8.70. The summed E-state index contributed by atoms with van der Waals surface area (Å²) in [5, 5.41) is 30.7. The number of amides is 1. The zero-order chi connectivity index (χ0) is 80.8. The number of imidazole rings is 4. The summed E-state index contributed by atoms with van der Waals surface area (Å²) in [6.07, 6.45) is -12.5. The molecule has 0 bridgehead atoms. The molecule has 0 unspecified atom stereocenters. The van der Waals surface area contributed by atoms with Crippen molar-refractivity contribution in [1.82, 2.24) is 73.3 Å². The highest BCUT2D eigenvalue weighted by atomic mass is 79.9. The van der Waals surface area contributed by atoms with Crippen molar-refractivity contribution in [2.75, 3.05) is 16.4 Å². The number of nitro groups is 2. The third-order valence-corrected chi connectivity index (χ3v) is 14.3. The van der Waals surface area contributed by atoms with Crippen molar-refractivity contribution in [2.24, 2.45) is 0 Å². The molecule has 0 aliphatic heterocycles. The van der Waals surface area contributed by atoms with E-state index in [4.69, 9.17) is 5.73 Å². The fraction of sp³-hybridized carbons (Fsp3) is 0.172. The number of halogens is 20. The summed E-state index contributed by atoms with van der Waals surface area (Å²) in [6, 6.07) is 21.7. The number of hydrogen-bond acceptors (Lipinski definition) is 17. The molecule has 0 fully saturated rings. The Hall–Kier alpha value is -12.7. The number of aryl methyl sites for hydroxylation is 5. The third kappa shape index (κ3) is 23.1. The van der Waals surface area contributed by atoms with Crippen molar-refractivity contribution >= 4 is 50.9 Å². The van der Waals surface area contributed by atoms with Crippen LogP contribution in [0.25, 0.3) is 22.7 Å². The Labute approximate surface area is 606 Å². The van der Waals surface area contributed by atoms with Crippen molar-refractivity contribution in [3.05, 3.63) is 275 Å². The maximum Gasteiger partial charge on any atom is 0.435 e. The van der Waals surface area contributed by atoms with Gasteiger partial charge < -0.3 is 50.3 Å². The monoisotopic (exact) mass is 1620 g/mol. The van der Waals surface area contributed by atoms with E-state index in [9.17, 15) is 108 Å². The third-order valence-electron chi connectivity index (χ3n) is 13.8. The molecular formula is C64H48BrF19N20O5. The molecule has 0 saturated heterocycles. The number of nitrogens with two attached hydrogens (primary N) is 1. The molecule has 2 aromatic carbocycles.